The van der Waals surface area contributed by atoms with Crippen LogP contribution in [0.5, 0.6) is 0 Å². The van der Waals surface area contributed by atoms with Gasteiger partial charge in [-0.2, -0.15) is 9.97 Å². The Morgan fingerprint density at radius 3 is 1.22 bits per heavy atom. The molecule has 0 aliphatic heterocycles. The van der Waals surface area contributed by atoms with Crippen LogP contribution in [0.25, 0.3) is 123 Å². The zero-order valence-corrected chi connectivity index (χ0v) is 36.5. The van der Waals surface area contributed by atoms with Crippen molar-refractivity contribution in [2.45, 2.75) is 0 Å². The van der Waals surface area contributed by atoms with Gasteiger partial charge in [-0.1, -0.05) is 194 Å². The molecule has 8 nitrogen and oxygen atoms in total. The van der Waals surface area contributed by atoms with E-state index in [9.17, 15) is 0 Å². The minimum atomic E-state index is 0.514. The van der Waals surface area contributed by atoms with E-state index >= 15 is 0 Å². The number of nitrogens with zero attached hydrogens (tertiary/aromatic N) is 8. The second kappa shape index (κ2) is 16.2. The highest BCUT2D eigenvalue weighted by atomic mass is 15.2. The molecule has 0 saturated carbocycles. The molecule has 318 valence electrons. The third kappa shape index (κ3) is 6.70. The fourth-order valence-electron chi connectivity index (χ4n) is 9.47. The number of para-hydroxylation sites is 2. The van der Waals surface area contributed by atoms with Gasteiger partial charge >= 0.3 is 0 Å². The van der Waals surface area contributed by atoms with Crippen LogP contribution in [0.15, 0.2) is 231 Å². The molecule has 0 aliphatic carbocycles. The number of fused-ring (bicyclic) bond motifs is 7. The molecule has 0 saturated heterocycles. The lowest BCUT2D eigenvalue weighted by molar-refractivity contribution is 0.955. The number of aromatic nitrogens is 8. The Morgan fingerprint density at radius 2 is 0.662 bits per heavy atom. The van der Waals surface area contributed by atoms with E-state index in [4.69, 9.17) is 29.9 Å². The molecule has 0 radical (unpaired) electrons. The Balaban J connectivity index is 1.03. The molecule has 0 amide bonds. The van der Waals surface area contributed by atoms with E-state index in [2.05, 4.69) is 130 Å². The highest BCUT2D eigenvalue weighted by molar-refractivity contribution is 6.26. The predicted molar refractivity (Wildman–Crippen MR) is 275 cm³/mol. The topological polar surface area (TPSA) is 87.2 Å². The van der Waals surface area contributed by atoms with E-state index in [1.807, 2.05) is 109 Å². The van der Waals surface area contributed by atoms with Gasteiger partial charge in [0.05, 0.1) is 22.1 Å². The summed E-state index contributed by atoms with van der Waals surface area (Å²) in [7, 11) is 0. The summed E-state index contributed by atoms with van der Waals surface area (Å²) in [5.74, 6) is 3.34. The van der Waals surface area contributed by atoms with Crippen molar-refractivity contribution < 1.29 is 0 Å². The third-order valence-corrected chi connectivity index (χ3v) is 12.6. The molecule has 0 N–H and O–H groups in total. The van der Waals surface area contributed by atoms with E-state index in [-0.39, 0.29) is 0 Å². The molecule has 4 heterocycles. The maximum atomic E-state index is 5.41. The van der Waals surface area contributed by atoms with Crippen molar-refractivity contribution in [3.8, 4) is 79.7 Å². The van der Waals surface area contributed by atoms with Crippen LogP contribution < -0.4 is 0 Å². The Hall–Kier alpha value is -9.40. The maximum Gasteiger partial charge on any atom is 0.238 e. The summed E-state index contributed by atoms with van der Waals surface area (Å²) in [5, 5.41) is 4.47. The van der Waals surface area contributed by atoms with E-state index in [0.29, 0.717) is 35.1 Å². The second-order valence-corrected chi connectivity index (χ2v) is 16.7. The molecular weight excluding hydrogens is 833 g/mol. The molecule has 8 heteroatoms. The molecule has 4 aromatic heterocycles. The van der Waals surface area contributed by atoms with E-state index in [1.165, 1.54) is 11.1 Å². The fourth-order valence-corrected chi connectivity index (χ4v) is 9.47. The van der Waals surface area contributed by atoms with Gasteiger partial charge in [0.1, 0.15) is 0 Å². The van der Waals surface area contributed by atoms with E-state index in [0.717, 1.165) is 77.1 Å². The number of hydrogen-bond acceptors (Lipinski definition) is 6. The first-order valence-electron chi connectivity index (χ1n) is 22.6. The first kappa shape index (κ1) is 39.0. The van der Waals surface area contributed by atoms with Gasteiger partial charge in [-0.15, -0.1) is 0 Å². The van der Waals surface area contributed by atoms with Crippen molar-refractivity contribution in [2.75, 3.05) is 0 Å². The summed E-state index contributed by atoms with van der Waals surface area (Å²) >= 11 is 0. The lowest BCUT2D eigenvalue weighted by Gasteiger charge is -2.12. The molecule has 13 aromatic rings. The standard InChI is InChI=1S/C60H38N8/c1-5-18-39(19-6-1)40-32-34-46(35-33-40)67-51-31-16-14-29-49(51)53-52(67)37-36-48-47-28-13-15-30-50(47)68(54(48)53)60-65-57(43-24-11-4-12-25-43)64-59(66-60)45-27-17-26-44(38-45)58-62-55(41-20-7-2-8-21-41)61-56(63-58)42-22-9-3-10-23-42/h1-38H. The zero-order valence-electron chi connectivity index (χ0n) is 36.5. The van der Waals surface area contributed by atoms with Gasteiger partial charge in [-0.25, -0.2) is 19.9 Å². The van der Waals surface area contributed by atoms with Crippen LogP contribution in [0.3, 0.4) is 0 Å². The van der Waals surface area contributed by atoms with Gasteiger partial charge < -0.3 is 4.57 Å². The molecule has 0 spiro atoms. The van der Waals surface area contributed by atoms with Crippen LogP contribution in [-0.4, -0.2) is 39.0 Å². The molecule has 0 bridgehead atoms. The molecule has 68 heavy (non-hydrogen) atoms. The second-order valence-electron chi connectivity index (χ2n) is 16.7. The Kier molecular flexibility index (Phi) is 9.31. The predicted octanol–water partition coefficient (Wildman–Crippen LogP) is 14.3. The fraction of sp³-hybridized carbons (Fsp3) is 0. The average Bonchev–Trinajstić information content (AvgIpc) is 3.95. The van der Waals surface area contributed by atoms with Crippen molar-refractivity contribution in [1.82, 2.24) is 39.0 Å². The number of benzene rings is 9. The van der Waals surface area contributed by atoms with Crippen molar-refractivity contribution in [1.29, 1.82) is 0 Å². The Labute approximate surface area is 391 Å². The van der Waals surface area contributed by atoms with Crippen LogP contribution in [0, 0.1) is 0 Å². The first-order chi connectivity index (χ1) is 33.7. The van der Waals surface area contributed by atoms with Crippen LogP contribution >= 0.6 is 0 Å². The SMILES string of the molecule is c1ccc(-c2ccc(-n3c4ccccc4c4c3ccc3c5ccccc5n(-c5nc(-c6ccccc6)nc(-c6cccc(-c7nc(-c8ccccc8)nc(-c8ccccc8)n7)c6)n5)c34)cc2)cc1. The summed E-state index contributed by atoms with van der Waals surface area (Å²) in [6.07, 6.45) is 0. The average molecular weight is 871 g/mol. The molecule has 0 fully saturated rings. The third-order valence-electron chi connectivity index (χ3n) is 12.6. The van der Waals surface area contributed by atoms with Crippen molar-refractivity contribution >= 4 is 43.6 Å². The van der Waals surface area contributed by atoms with Crippen molar-refractivity contribution in [2.24, 2.45) is 0 Å². The zero-order chi connectivity index (χ0) is 45.0. The van der Waals surface area contributed by atoms with Gasteiger partial charge in [0.2, 0.25) is 5.95 Å². The molecular formula is C60H38N8. The largest absolute Gasteiger partial charge is 0.309 e. The normalized spacial score (nSPS) is 11.5. The summed E-state index contributed by atoms with van der Waals surface area (Å²) in [5.41, 5.74) is 12.0. The lowest BCUT2D eigenvalue weighted by Crippen LogP contribution is -2.06. The monoisotopic (exact) mass is 870 g/mol. The van der Waals surface area contributed by atoms with E-state index < -0.39 is 0 Å². The van der Waals surface area contributed by atoms with Crippen LogP contribution in [0.1, 0.15) is 0 Å². The van der Waals surface area contributed by atoms with Gasteiger partial charge in [0, 0.05) is 55.0 Å². The van der Waals surface area contributed by atoms with Crippen molar-refractivity contribution in [3.05, 3.63) is 231 Å². The minimum absolute atomic E-state index is 0.514. The van der Waals surface area contributed by atoms with Crippen LogP contribution in [0.2, 0.25) is 0 Å². The first-order valence-corrected chi connectivity index (χ1v) is 22.6. The number of hydrogen-bond donors (Lipinski definition) is 0. The number of rotatable bonds is 8. The summed E-state index contributed by atoms with van der Waals surface area (Å²) in [4.78, 5) is 31.0. The summed E-state index contributed by atoms with van der Waals surface area (Å²) in [6.45, 7) is 0. The minimum Gasteiger partial charge on any atom is -0.309 e. The van der Waals surface area contributed by atoms with Crippen LogP contribution in [0.4, 0.5) is 0 Å². The van der Waals surface area contributed by atoms with Gasteiger partial charge in [-0.05, 0) is 47.5 Å². The summed E-state index contributed by atoms with van der Waals surface area (Å²) in [6, 6.07) is 79.3. The molecule has 9 aromatic carbocycles. The smallest absolute Gasteiger partial charge is 0.238 e. The Bertz CT molecular complexity index is 3940. The lowest BCUT2D eigenvalue weighted by atomic mass is 10.1. The van der Waals surface area contributed by atoms with E-state index in [1.54, 1.807) is 0 Å². The molecule has 0 atom stereocenters. The van der Waals surface area contributed by atoms with Crippen molar-refractivity contribution in [3.63, 3.8) is 0 Å². The van der Waals surface area contributed by atoms with Gasteiger partial charge in [-0.3, -0.25) is 4.57 Å². The quantitative estimate of drug-likeness (QED) is 0.151. The van der Waals surface area contributed by atoms with Crippen LogP contribution in [-0.2, 0) is 0 Å². The van der Waals surface area contributed by atoms with Gasteiger partial charge in [0.25, 0.3) is 0 Å². The Morgan fingerprint density at radius 1 is 0.250 bits per heavy atom. The molecule has 0 aliphatic rings. The molecule has 13 rings (SSSR count). The highest BCUT2D eigenvalue weighted by Crippen LogP contribution is 2.42. The summed E-state index contributed by atoms with van der Waals surface area (Å²) < 4.78 is 4.60. The van der Waals surface area contributed by atoms with Gasteiger partial charge in [0.15, 0.2) is 29.1 Å². The molecule has 0 unspecified atom stereocenters. The maximum absolute atomic E-state index is 5.41. The highest BCUT2D eigenvalue weighted by Gasteiger charge is 2.24.